The average Bonchev–Trinajstić information content (AvgIpc) is 2.97. The molecule has 0 aliphatic carbocycles. The summed E-state index contributed by atoms with van der Waals surface area (Å²) in [5.41, 5.74) is -0.655. The molecule has 0 spiro atoms. The van der Waals surface area contributed by atoms with E-state index in [1.807, 2.05) is 0 Å². The van der Waals surface area contributed by atoms with E-state index < -0.39 is 46.8 Å². The molecular weight excluding hydrogens is 380 g/mol. The first-order valence-corrected chi connectivity index (χ1v) is 8.77. The number of rotatable bonds is 7. The van der Waals surface area contributed by atoms with Gasteiger partial charge >= 0.3 is 5.97 Å². The molecule has 2 aromatic rings. The first kappa shape index (κ1) is 19.9. The minimum atomic E-state index is -1.07. The zero-order valence-electron chi connectivity index (χ0n) is 15.4. The first-order chi connectivity index (χ1) is 13.8. The number of fused-ring (bicyclic) bond motifs is 1. The second kappa shape index (κ2) is 8.01. The summed E-state index contributed by atoms with van der Waals surface area (Å²) in [6.07, 6.45) is -0.873. The van der Waals surface area contributed by atoms with Crippen molar-refractivity contribution in [2.75, 3.05) is 6.54 Å². The molecule has 1 atom stereocenters. The van der Waals surface area contributed by atoms with Crippen molar-refractivity contribution in [2.45, 2.75) is 19.4 Å². The Labute approximate surface area is 165 Å². The van der Waals surface area contributed by atoms with Crippen LogP contribution in [-0.4, -0.2) is 46.0 Å². The molecule has 0 fully saturated rings. The molecule has 2 aromatic carbocycles. The van der Waals surface area contributed by atoms with Crippen molar-refractivity contribution < 1.29 is 28.8 Å². The van der Waals surface area contributed by atoms with Crippen molar-refractivity contribution in [3.8, 4) is 0 Å². The van der Waals surface area contributed by atoms with Gasteiger partial charge < -0.3 is 4.74 Å². The Morgan fingerprint density at radius 1 is 1.07 bits per heavy atom. The van der Waals surface area contributed by atoms with E-state index in [2.05, 4.69) is 0 Å². The Balaban J connectivity index is 1.75. The molecule has 0 saturated heterocycles. The van der Waals surface area contributed by atoms with Gasteiger partial charge in [0.1, 0.15) is 12.1 Å². The number of imide groups is 1. The molecular formula is C20H16N2O7. The quantitative estimate of drug-likeness (QED) is 0.231. The molecule has 9 heteroatoms. The zero-order chi connectivity index (χ0) is 21.1. The number of Topliss-reactive ketones (excluding diaryl/α,β-unsaturated/α-hetero) is 1. The number of nitrogens with zero attached hydrogens (tertiary/aromatic N) is 2. The van der Waals surface area contributed by atoms with Crippen molar-refractivity contribution in [1.82, 2.24) is 4.90 Å². The second-order valence-electron chi connectivity index (χ2n) is 6.27. The summed E-state index contributed by atoms with van der Waals surface area (Å²) < 4.78 is 5.18. The van der Waals surface area contributed by atoms with Gasteiger partial charge in [0.15, 0.2) is 6.10 Å². The molecule has 0 radical (unpaired) electrons. The van der Waals surface area contributed by atoms with Crippen molar-refractivity contribution >= 4 is 29.3 Å². The number of carbonyl (C=O) groups is 4. The van der Waals surface area contributed by atoms with E-state index in [0.29, 0.717) is 10.5 Å². The summed E-state index contributed by atoms with van der Waals surface area (Å²) >= 11 is 0. The van der Waals surface area contributed by atoms with Gasteiger partial charge in [0.2, 0.25) is 5.78 Å². The van der Waals surface area contributed by atoms with Crippen LogP contribution in [0.5, 0.6) is 0 Å². The molecule has 0 N–H and O–H groups in total. The maximum absolute atomic E-state index is 12.5. The topological polar surface area (TPSA) is 124 Å². The van der Waals surface area contributed by atoms with Crippen LogP contribution in [0.2, 0.25) is 0 Å². The van der Waals surface area contributed by atoms with Crippen molar-refractivity contribution in [3.05, 3.63) is 75.3 Å². The van der Waals surface area contributed by atoms with E-state index in [4.69, 9.17) is 4.74 Å². The second-order valence-corrected chi connectivity index (χ2v) is 6.27. The Hall–Kier alpha value is -3.88. The highest BCUT2D eigenvalue weighted by Gasteiger charge is 2.42. The monoisotopic (exact) mass is 396 g/mol. The van der Waals surface area contributed by atoms with E-state index >= 15 is 0 Å². The smallest absolute Gasteiger partial charge is 0.326 e. The Morgan fingerprint density at radius 3 is 2.38 bits per heavy atom. The van der Waals surface area contributed by atoms with E-state index in [1.165, 1.54) is 12.1 Å². The maximum Gasteiger partial charge on any atom is 0.326 e. The van der Waals surface area contributed by atoms with Gasteiger partial charge in [0, 0.05) is 11.6 Å². The van der Waals surface area contributed by atoms with E-state index in [0.717, 1.165) is 6.07 Å². The zero-order valence-corrected chi connectivity index (χ0v) is 15.4. The van der Waals surface area contributed by atoms with Crippen molar-refractivity contribution in [3.63, 3.8) is 0 Å². The Morgan fingerprint density at radius 2 is 1.76 bits per heavy atom. The molecule has 9 nitrogen and oxygen atoms in total. The summed E-state index contributed by atoms with van der Waals surface area (Å²) in [6, 6.07) is 11.9. The van der Waals surface area contributed by atoms with E-state index in [-0.39, 0.29) is 17.5 Å². The molecule has 0 unspecified atom stereocenters. The van der Waals surface area contributed by atoms with E-state index in [9.17, 15) is 29.3 Å². The fourth-order valence-electron chi connectivity index (χ4n) is 3.05. The third-order valence-electron chi connectivity index (χ3n) is 4.46. The number of esters is 1. The molecule has 0 aromatic heterocycles. The summed E-state index contributed by atoms with van der Waals surface area (Å²) in [5, 5.41) is 11.1. The predicted octanol–water partition coefficient (Wildman–Crippen LogP) is 2.40. The van der Waals surface area contributed by atoms with Crippen LogP contribution < -0.4 is 0 Å². The lowest BCUT2D eigenvalue weighted by Crippen LogP contribution is -2.38. The molecule has 1 heterocycles. The minimum Gasteiger partial charge on any atom is -0.453 e. The van der Waals surface area contributed by atoms with Gasteiger partial charge in [-0.15, -0.1) is 0 Å². The number of amides is 2. The third-order valence-corrected chi connectivity index (χ3v) is 4.46. The number of hydrogen-bond acceptors (Lipinski definition) is 7. The molecule has 3 rings (SSSR count). The fraction of sp³-hybridized carbons (Fsp3) is 0.200. The minimum absolute atomic E-state index is 0.149. The fourth-order valence-corrected chi connectivity index (χ4v) is 3.05. The molecule has 2 amide bonds. The SMILES string of the molecule is CC[C@H](OC(=O)CN1C(=O)c2cccc([N+](=O)[O-])c2C1=O)C(=O)c1ccccc1. The van der Waals surface area contributed by atoms with Crippen molar-refractivity contribution in [1.29, 1.82) is 0 Å². The molecule has 0 saturated carbocycles. The van der Waals surface area contributed by atoms with Crippen molar-refractivity contribution in [2.24, 2.45) is 0 Å². The van der Waals surface area contributed by atoms with Crippen LogP contribution in [0, 0.1) is 10.1 Å². The highest BCUT2D eigenvalue weighted by Crippen LogP contribution is 2.30. The van der Waals surface area contributed by atoms with Gasteiger partial charge in [-0.3, -0.25) is 34.2 Å². The lowest BCUT2D eigenvalue weighted by atomic mass is 10.0. The van der Waals surface area contributed by atoms with Gasteiger partial charge in [0.25, 0.3) is 17.5 Å². The molecule has 29 heavy (non-hydrogen) atoms. The van der Waals surface area contributed by atoms with Crippen LogP contribution in [-0.2, 0) is 9.53 Å². The summed E-state index contributed by atoms with van der Waals surface area (Å²) in [7, 11) is 0. The van der Waals surface area contributed by atoms with Crippen LogP contribution in [0.25, 0.3) is 0 Å². The van der Waals surface area contributed by atoms with Gasteiger partial charge in [-0.05, 0) is 12.5 Å². The predicted molar refractivity (Wildman–Crippen MR) is 99.4 cm³/mol. The number of ether oxygens (including phenoxy) is 1. The highest BCUT2D eigenvalue weighted by atomic mass is 16.6. The lowest BCUT2D eigenvalue weighted by molar-refractivity contribution is -0.385. The Bertz CT molecular complexity index is 1020. The number of nitro benzene ring substituents is 1. The molecule has 0 bridgehead atoms. The average molecular weight is 396 g/mol. The lowest BCUT2D eigenvalue weighted by Gasteiger charge is -2.18. The number of carbonyl (C=O) groups excluding carboxylic acids is 4. The van der Waals surface area contributed by atoms with Crippen LogP contribution in [0.15, 0.2) is 48.5 Å². The standard InChI is InChI=1S/C20H16N2O7/c1-2-15(18(24)12-7-4-3-5-8-12)29-16(23)11-21-19(25)13-9-6-10-14(22(27)28)17(13)20(21)26/h3-10,15H,2,11H2,1H3/t15-/m0/s1. The normalized spacial score (nSPS) is 13.8. The first-order valence-electron chi connectivity index (χ1n) is 8.77. The summed E-state index contributed by atoms with van der Waals surface area (Å²) in [6.45, 7) is 0.909. The summed E-state index contributed by atoms with van der Waals surface area (Å²) in [5.74, 6) is -3.14. The number of nitro groups is 1. The van der Waals surface area contributed by atoms with E-state index in [1.54, 1.807) is 37.3 Å². The van der Waals surface area contributed by atoms with Crippen LogP contribution in [0.1, 0.15) is 44.4 Å². The number of ketones is 1. The molecule has 148 valence electrons. The van der Waals surface area contributed by atoms with Gasteiger partial charge in [-0.1, -0.05) is 43.3 Å². The highest BCUT2D eigenvalue weighted by molar-refractivity contribution is 6.24. The van der Waals surface area contributed by atoms with Gasteiger partial charge in [-0.25, -0.2) is 0 Å². The summed E-state index contributed by atoms with van der Waals surface area (Å²) in [4.78, 5) is 60.7. The van der Waals surface area contributed by atoms with Crippen LogP contribution in [0.3, 0.4) is 0 Å². The molecule has 1 aliphatic heterocycles. The maximum atomic E-state index is 12.5. The van der Waals surface area contributed by atoms with Gasteiger partial charge in [0.05, 0.1) is 10.5 Å². The van der Waals surface area contributed by atoms with Crippen LogP contribution >= 0.6 is 0 Å². The van der Waals surface area contributed by atoms with Gasteiger partial charge in [-0.2, -0.15) is 0 Å². The Kier molecular flexibility index (Phi) is 5.49. The number of benzene rings is 2. The van der Waals surface area contributed by atoms with Crippen LogP contribution in [0.4, 0.5) is 5.69 Å². The largest absolute Gasteiger partial charge is 0.453 e. The number of hydrogen-bond donors (Lipinski definition) is 0. The molecule has 1 aliphatic rings. The third kappa shape index (κ3) is 3.75.